The summed E-state index contributed by atoms with van der Waals surface area (Å²) in [5.41, 5.74) is 2.93. The van der Waals surface area contributed by atoms with Crippen LogP contribution in [0.15, 0.2) is 65.7 Å². The molecule has 4 unspecified atom stereocenters. The van der Waals surface area contributed by atoms with Crippen LogP contribution < -0.4 is 10.3 Å². The normalized spacial score (nSPS) is 29.5. The fourth-order valence-electron chi connectivity index (χ4n) is 13.5. The van der Waals surface area contributed by atoms with Crippen LogP contribution in [0.4, 0.5) is 0 Å². The number of hydrogen-bond donors (Lipinski definition) is 1. The number of aromatic hydroxyl groups is 1. The van der Waals surface area contributed by atoms with Gasteiger partial charge in [-0.15, -0.1) is 0 Å². The van der Waals surface area contributed by atoms with Crippen LogP contribution in [0.25, 0.3) is 22.3 Å². The van der Waals surface area contributed by atoms with Crippen molar-refractivity contribution in [2.45, 2.75) is 130 Å². The number of carbonyl (C=O) groups excluding carboxylic acids is 3. The van der Waals surface area contributed by atoms with E-state index in [0.717, 1.165) is 81.0 Å². The molecule has 1 N–H and O–H groups in total. The minimum absolute atomic E-state index is 0.0997. The number of phenols is 1. The van der Waals surface area contributed by atoms with Gasteiger partial charge in [-0.1, -0.05) is 41.2 Å². The van der Waals surface area contributed by atoms with Gasteiger partial charge in [-0.25, -0.2) is 14.6 Å². The Labute approximate surface area is 386 Å². The number of aromatic nitrogens is 2. The third-order valence-electron chi connectivity index (χ3n) is 17.4. The maximum Gasteiger partial charge on any atom is 0.355 e. The average Bonchev–Trinajstić information content (AvgIpc) is 3.84. The molecule has 2 aromatic heterocycles. The van der Waals surface area contributed by atoms with Gasteiger partial charge in [-0.3, -0.25) is 14.5 Å². The zero-order valence-corrected chi connectivity index (χ0v) is 39.1. The van der Waals surface area contributed by atoms with E-state index in [1.54, 1.807) is 47.9 Å². The second-order valence-corrected chi connectivity index (χ2v) is 20.5. The molecule has 6 aliphatic rings. The number of benzene rings is 2. The van der Waals surface area contributed by atoms with Crippen LogP contribution in [-0.4, -0.2) is 63.1 Å². The number of pyridine rings is 2. The van der Waals surface area contributed by atoms with Crippen molar-refractivity contribution in [3.63, 3.8) is 0 Å². The van der Waals surface area contributed by atoms with Crippen molar-refractivity contribution in [3.8, 4) is 22.9 Å². The second kappa shape index (κ2) is 16.7. The molecule has 12 heteroatoms. The Bertz CT molecular complexity index is 2710. The fourth-order valence-corrected chi connectivity index (χ4v) is 13.5. The van der Waals surface area contributed by atoms with E-state index in [9.17, 15) is 24.3 Å². The number of cyclic esters (lactones) is 1. The molecule has 2 aromatic carbocycles. The van der Waals surface area contributed by atoms with Crippen molar-refractivity contribution in [2.75, 3.05) is 19.7 Å². The number of carbonyl (C=O) groups is 3. The minimum atomic E-state index is -1.65. The van der Waals surface area contributed by atoms with E-state index in [-0.39, 0.29) is 66.2 Å². The van der Waals surface area contributed by atoms with Crippen LogP contribution in [0, 0.1) is 34.5 Å². The molecule has 348 valence electrons. The Morgan fingerprint density at radius 3 is 2.52 bits per heavy atom. The molecule has 0 radical (unpaired) electrons. The Hall–Kier alpha value is -5.49. The van der Waals surface area contributed by atoms with Gasteiger partial charge in [0.2, 0.25) is 5.60 Å². The molecule has 4 aromatic rings. The van der Waals surface area contributed by atoms with Gasteiger partial charge in [-0.05, 0) is 148 Å². The lowest BCUT2D eigenvalue weighted by Crippen LogP contribution is -2.54. The fraction of sp³-hybridized carbons (Fsp3) is 0.537. The lowest BCUT2D eigenvalue weighted by molar-refractivity contribution is -0.175. The number of esters is 2. The number of hydrogen-bond acceptors (Lipinski definition) is 11. The van der Waals surface area contributed by atoms with E-state index in [1.807, 2.05) is 12.1 Å². The summed E-state index contributed by atoms with van der Waals surface area (Å²) >= 11 is 0. The first-order valence-corrected chi connectivity index (χ1v) is 24.4. The van der Waals surface area contributed by atoms with Crippen molar-refractivity contribution in [3.05, 3.63) is 99.0 Å². The highest BCUT2D eigenvalue weighted by Crippen LogP contribution is 2.65. The maximum atomic E-state index is 14.2. The predicted molar refractivity (Wildman–Crippen MR) is 249 cm³/mol. The highest BCUT2D eigenvalue weighted by atomic mass is 16.6. The molecule has 4 fully saturated rings. The lowest BCUT2D eigenvalue weighted by atomic mass is 9.45. The molecular weight excluding hydrogens is 835 g/mol. The number of nitrogens with zero attached hydrogens (tertiary/aromatic N) is 3. The van der Waals surface area contributed by atoms with Crippen LogP contribution in [-0.2, 0) is 49.1 Å². The number of rotatable bonds is 12. The molecule has 0 amide bonds. The highest BCUT2D eigenvalue weighted by Gasteiger charge is 2.60. The summed E-state index contributed by atoms with van der Waals surface area (Å²) in [5.74, 6) is 2.68. The third-order valence-corrected chi connectivity index (χ3v) is 17.4. The maximum absolute atomic E-state index is 14.2. The first-order chi connectivity index (χ1) is 31.7. The number of Topliss-reactive ketones (excluding diaryl/α,β-unsaturated/α-hetero) is 1. The van der Waals surface area contributed by atoms with Gasteiger partial charge in [0.1, 0.15) is 42.4 Å². The number of ketones is 1. The van der Waals surface area contributed by atoms with E-state index in [2.05, 4.69) is 39.2 Å². The SMILES string of the molecule is C=C(COc1ccc(C(=O)O[C@@H]2CC[C@@]3(C)C(CCC4C3CC[C@]3(C)C(=O)CCC43)C2)cc1)O[C@]1(CC)C(=O)OCc2c1cc1n(c2=O)Cc2cc3c(CN(CC)CC)c(O)ccc3nc2-1. The van der Waals surface area contributed by atoms with Crippen molar-refractivity contribution in [1.82, 2.24) is 14.5 Å². The summed E-state index contributed by atoms with van der Waals surface area (Å²) < 4.78 is 25.9. The van der Waals surface area contributed by atoms with Crippen LogP contribution >= 0.6 is 0 Å². The van der Waals surface area contributed by atoms with Crippen LogP contribution in [0.5, 0.6) is 11.5 Å². The van der Waals surface area contributed by atoms with E-state index in [4.69, 9.17) is 23.9 Å². The molecule has 12 nitrogen and oxygen atoms in total. The molecule has 4 heterocycles. The molecule has 10 rings (SSSR count). The van der Waals surface area contributed by atoms with Crippen molar-refractivity contribution in [2.24, 2.45) is 34.5 Å². The van der Waals surface area contributed by atoms with Gasteiger partial charge in [-0.2, -0.15) is 0 Å². The van der Waals surface area contributed by atoms with Crippen LogP contribution in [0.2, 0.25) is 0 Å². The minimum Gasteiger partial charge on any atom is -0.508 e. The lowest BCUT2D eigenvalue weighted by Gasteiger charge is -2.60. The van der Waals surface area contributed by atoms with E-state index in [0.29, 0.717) is 75.3 Å². The van der Waals surface area contributed by atoms with Gasteiger partial charge >= 0.3 is 11.9 Å². The summed E-state index contributed by atoms with van der Waals surface area (Å²) in [7, 11) is 0. The Balaban J connectivity index is 0.795. The molecule has 0 bridgehead atoms. The number of phenolic OH excluding ortho intramolecular Hbond substituents is 1. The smallest absolute Gasteiger partial charge is 0.355 e. The van der Waals surface area contributed by atoms with Gasteiger partial charge in [0, 0.05) is 40.5 Å². The summed E-state index contributed by atoms with van der Waals surface area (Å²) in [5, 5.41) is 11.7. The Morgan fingerprint density at radius 1 is 0.970 bits per heavy atom. The third kappa shape index (κ3) is 7.06. The van der Waals surface area contributed by atoms with Gasteiger partial charge < -0.3 is 28.6 Å². The average molecular weight is 898 g/mol. The Morgan fingerprint density at radius 2 is 1.76 bits per heavy atom. The summed E-state index contributed by atoms with van der Waals surface area (Å²) in [4.78, 5) is 61.6. The van der Waals surface area contributed by atoms with E-state index < -0.39 is 11.6 Å². The topological polar surface area (TPSA) is 146 Å². The number of fused-ring (bicyclic) bond motifs is 10. The predicted octanol–water partition coefficient (Wildman–Crippen LogP) is 9.38. The van der Waals surface area contributed by atoms with E-state index >= 15 is 0 Å². The summed E-state index contributed by atoms with van der Waals surface area (Å²) in [6.45, 7) is 17.0. The van der Waals surface area contributed by atoms with Gasteiger partial charge in [0.25, 0.3) is 5.56 Å². The highest BCUT2D eigenvalue weighted by molar-refractivity contribution is 5.90. The molecule has 8 atom stereocenters. The largest absolute Gasteiger partial charge is 0.508 e. The molecule has 0 spiro atoms. The first kappa shape index (κ1) is 44.4. The molecular formula is C54H63N3O9. The van der Waals surface area contributed by atoms with Crippen LogP contribution in [0.1, 0.15) is 131 Å². The zero-order valence-electron chi connectivity index (χ0n) is 39.1. The van der Waals surface area contributed by atoms with Gasteiger partial charge in [0.05, 0.1) is 34.6 Å². The molecule has 0 saturated heterocycles. The van der Waals surface area contributed by atoms with Crippen molar-refractivity contribution in [1.29, 1.82) is 0 Å². The quantitative estimate of drug-likeness (QED) is 0.0944. The molecule has 66 heavy (non-hydrogen) atoms. The zero-order chi connectivity index (χ0) is 46.3. The standard InChI is InChI=1S/C54H63N3O9/c1-7-54(43-26-45-48-33(27-57(45)49(60)40(43)30-64-51(54)62)24-38-39(28-56(8-2)9-3)46(58)18-17-44(38)55-48)66-31(4)29-63-35-13-10-32(11-14-35)50(61)65-36-20-22-52(5)34(25-36)12-15-37-41-16-19-47(59)53(41,6)23-21-42(37)52/h10-11,13-14,17-18,24,26,34,36-37,41-42,58H,4,7-9,12,15-16,19-23,25,27-30H2,1-3,5-6H3/t34?,36-,37?,41?,42?,52+,53+,54+/m1/s1. The molecule has 4 aliphatic carbocycles. The van der Waals surface area contributed by atoms with E-state index in [1.165, 1.54) is 6.42 Å². The Kier molecular flexibility index (Phi) is 11.2. The summed E-state index contributed by atoms with van der Waals surface area (Å²) in [6.07, 6.45) is 9.09. The van der Waals surface area contributed by atoms with Gasteiger partial charge in [0.15, 0.2) is 0 Å². The number of ether oxygens (including phenoxy) is 4. The molecule has 2 aliphatic heterocycles. The summed E-state index contributed by atoms with van der Waals surface area (Å²) in [6, 6.07) is 14.1. The monoisotopic (exact) mass is 897 g/mol. The van der Waals surface area contributed by atoms with Crippen molar-refractivity contribution >= 4 is 28.6 Å². The molecule has 4 saturated carbocycles. The second-order valence-electron chi connectivity index (χ2n) is 20.5. The van der Waals surface area contributed by atoms with Crippen molar-refractivity contribution < 1.29 is 38.4 Å². The first-order valence-electron chi connectivity index (χ1n) is 24.4. The van der Waals surface area contributed by atoms with Crippen LogP contribution in [0.3, 0.4) is 0 Å².